The van der Waals surface area contributed by atoms with Crippen LogP contribution in [0.5, 0.6) is 11.8 Å². The number of carbonyl (C=O) groups is 2. The summed E-state index contributed by atoms with van der Waals surface area (Å²) in [7, 11) is 3.47. The van der Waals surface area contributed by atoms with Gasteiger partial charge in [-0.1, -0.05) is 12.1 Å². The fourth-order valence-electron chi connectivity index (χ4n) is 4.11. The lowest BCUT2D eigenvalue weighted by Gasteiger charge is -2.42. The lowest BCUT2D eigenvalue weighted by Crippen LogP contribution is -2.56. The first-order valence-corrected chi connectivity index (χ1v) is 10.5. The molecule has 0 spiro atoms. The molecule has 1 unspecified atom stereocenters. The van der Waals surface area contributed by atoms with Crippen LogP contribution >= 0.6 is 0 Å². The molecule has 164 valence electrons. The Morgan fingerprint density at radius 3 is 2.50 bits per heavy atom. The number of benzene rings is 1. The third-order valence-corrected chi connectivity index (χ3v) is 5.58. The van der Waals surface area contributed by atoms with Gasteiger partial charge in [-0.15, -0.1) is 0 Å². The number of hydrogen-bond acceptors (Lipinski definition) is 6. The molecule has 0 saturated carbocycles. The van der Waals surface area contributed by atoms with E-state index in [4.69, 9.17) is 4.74 Å². The van der Waals surface area contributed by atoms with E-state index in [9.17, 15) is 9.59 Å². The van der Waals surface area contributed by atoms with E-state index in [-0.39, 0.29) is 24.4 Å². The van der Waals surface area contributed by atoms with Crippen LogP contribution in [0.4, 0.5) is 0 Å². The summed E-state index contributed by atoms with van der Waals surface area (Å²) < 4.78 is 5.67. The van der Waals surface area contributed by atoms with E-state index in [0.717, 1.165) is 0 Å². The number of hydrogen-bond donors (Lipinski definition) is 0. The first-order chi connectivity index (χ1) is 15.5. The normalized spacial score (nSPS) is 18.1. The van der Waals surface area contributed by atoms with Crippen LogP contribution in [0.25, 0.3) is 0 Å². The molecule has 1 saturated heterocycles. The summed E-state index contributed by atoms with van der Waals surface area (Å²) >= 11 is 0. The second-order valence-corrected chi connectivity index (χ2v) is 7.99. The summed E-state index contributed by atoms with van der Waals surface area (Å²) in [6.45, 7) is 0.841. The van der Waals surface area contributed by atoms with E-state index < -0.39 is 5.41 Å². The van der Waals surface area contributed by atoms with Gasteiger partial charge >= 0.3 is 6.01 Å². The van der Waals surface area contributed by atoms with Crippen LogP contribution in [0.2, 0.25) is 0 Å². The van der Waals surface area contributed by atoms with E-state index >= 15 is 0 Å². The van der Waals surface area contributed by atoms with Crippen LogP contribution in [-0.4, -0.2) is 63.8 Å². The SMILES string of the molecule is CN(C)C(=O)C1(c2ccccn2)CCCN(C(=O)c2cccc(Oc3ncccn3)c2)C1. The first kappa shape index (κ1) is 21.4. The largest absolute Gasteiger partial charge is 0.424 e. The highest BCUT2D eigenvalue weighted by atomic mass is 16.5. The molecule has 0 aliphatic carbocycles. The summed E-state index contributed by atoms with van der Waals surface area (Å²) in [5, 5.41) is 0. The molecule has 1 atom stereocenters. The maximum atomic E-state index is 13.4. The van der Waals surface area contributed by atoms with Crippen LogP contribution in [0.3, 0.4) is 0 Å². The molecule has 2 amide bonds. The highest BCUT2D eigenvalue weighted by molar-refractivity contribution is 5.96. The second kappa shape index (κ2) is 9.13. The summed E-state index contributed by atoms with van der Waals surface area (Å²) in [6, 6.07) is 14.4. The monoisotopic (exact) mass is 431 g/mol. The van der Waals surface area contributed by atoms with Crippen molar-refractivity contribution in [3.05, 3.63) is 78.4 Å². The third-order valence-electron chi connectivity index (χ3n) is 5.58. The Bertz CT molecular complexity index is 1090. The molecule has 2 aromatic heterocycles. The Kier molecular flexibility index (Phi) is 6.11. The Balaban J connectivity index is 1.60. The van der Waals surface area contributed by atoms with Crippen molar-refractivity contribution in [3.63, 3.8) is 0 Å². The maximum absolute atomic E-state index is 13.4. The highest BCUT2D eigenvalue weighted by Gasteiger charge is 2.46. The van der Waals surface area contributed by atoms with Crippen molar-refractivity contribution in [3.8, 4) is 11.8 Å². The summed E-state index contributed by atoms with van der Waals surface area (Å²) in [6.07, 6.45) is 6.20. The number of nitrogens with zero attached hydrogens (tertiary/aromatic N) is 5. The van der Waals surface area contributed by atoms with E-state index in [1.807, 2.05) is 18.2 Å². The van der Waals surface area contributed by atoms with E-state index in [1.54, 1.807) is 72.8 Å². The van der Waals surface area contributed by atoms with Gasteiger partial charge in [0.05, 0.1) is 5.69 Å². The fraction of sp³-hybridized carbons (Fsp3) is 0.292. The van der Waals surface area contributed by atoms with Crippen LogP contribution in [-0.2, 0) is 10.2 Å². The zero-order valence-corrected chi connectivity index (χ0v) is 18.1. The minimum absolute atomic E-state index is 0.0491. The zero-order chi connectivity index (χ0) is 22.6. The topological polar surface area (TPSA) is 88.5 Å². The Morgan fingerprint density at radius 2 is 1.78 bits per heavy atom. The quantitative estimate of drug-likeness (QED) is 0.617. The molecule has 32 heavy (non-hydrogen) atoms. The van der Waals surface area contributed by atoms with Crippen molar-refractivity contribution in [2.75, 3.05) is 27.2 Å². The Hall–Kier alpha value is -3.81. The Labute approximate surface area is 186 Å². The molecule has 1 aliphatic heterocycles. The number of ether oxygens (including phenoxy) is 1. The average molecular weight is 431 g/mol. The average Bonchev–Trinajstić information content (AvgIpc) is 2.84. The van der Waals surface area contributed by atoms with Gasteiger partial charge < -0.3 is 14.5 Å². The van der Waals surface area contributed by atoms with Gasteiger partial charge in [0.25, 0.3) is 5.91 Å². The van der Waals surface area contributed by atoms with Gasteiger partial charge in [-0.25, -0.2) is 9.97 Å². The summed E-state index contributed by atoms with van der Waals surface area (Å²) in [5.41, 5.74) is 0.298. The van der Waals surface area contributed by atoms with Crippen LogP contribution in [0.15, 0.2) is 67.1 Å². The fourth-order valence-corrected chi connectivity index (χ4v) is 4.11. The molecule has 1 aromatic carbocycles. The summed E-state index contributed by atoms with van der Waals surface area (Å²) in [4.78, 5) is 42.6. The van der Waals surface area contributed by atoms with Crippen molar-refractivity contribution < 1.29 is 14.3 Å². The van der Waals surface area contributed by atoms with Gasteiger partial charge in [0.2, 0.25) is 5.91 Å². The lowest BCUT2D eigenvalue weighted by atomic mass is 9.75. The van der Waals surface area contributed by atoms with Crippen LogP contribution in [0.1, 0.15) is 28.9 Å². The predicted octanol–water partition coefficient (Wildman–Crippen LogP) is 2.93. The molecule has 3 aromatic rings. The van der Waals surface area contributed by atoms with Crippen molar-refractivity contribution in [1.29, 1.82) is 0 Å². The van der Waals surface area contributed by atoms with Gasteiger partial charge in [0, 0.05) is 51.3 Å². The number of piperidine rings is 1. The van der Waals surface area contributed by atoms with E-state index in [0.29, 0.717) is 36.4 Å². The molecule has 8 heteroatoms. The molecule has 3 heterocycles. The number of rotatable bonds is 5. The maximum Gasteiger partial charge on any atom is 0.321 e. The van der Waals surface area contributed by atoms with Gasteiger partial charge in [0.15, 0.2) is 0 Å². The molecule has 1 aliphatic rings. The van der Waals surface area contributed by atoms with Crippen LogP contribution in [0, 0.1) is 0 Å². The molecular formula is C24H25N5O3. The number of likely N-dealkylation sites (tertiary alicyclic amines) is 1. The smallest absolute Gasteiger partial charge is 0.321 e. The first-order valence-electron chi connectivity index (χ1n) is 10.5. The van der Waals surface area contributed by atoms with Gasteiger partial charge in [-0.2, -0.15) is 0 Å². The number of carbonyl (C=O) groups excluding carboxylic acids is 2. The van der Waals surface area contributed by atoms with Crippen molar-refractivity contribution >= 4 is 11.8 Å². The zero-order valence-electron chi connectivity index (χ0n) is 18.1. The van der Waals surface area contributed by atoms with Gasteiger partial charge in [-0.05, 0) is 49.2 Å². The van der Waals surface area contributed by atoms with E-state index in [2.05, 4.69) is 15.0 Å². The van der Waals surface area contributed by atoms with Gasteiger partial charge in [-0.3, -0.25) is 14.6 Å². The van der Waals surface area contributed by atoms with Crippen molar-refractivity contribution in [1.82, 2.24) is 24.8 Å². The van der Waals surface area contributed by atoms with E-state index in [1.165, 1.54) is 0 Å². The molecule has 8 nitrogen and oxygen atoms in total. The minimum Gasteiger partial charge on any atom is -0.424 e. The van der Waals surface area contributed by atoms with Gasteiger partial charge in [0.1, 0.15) is 11.2 Å². The predicted molar refractivity (Wildman–Crippen MR) is 118 cm³/mol. The van der Waals surface area contributed by atoms with Crippen molar-refractivity contribution in [2.24, 2.45) is 0 Å². The molecule has 4 rings (SSSR count). The van der Waals surface area contributed by atoms with Crippen molar-refractivity contribution in [2.45, 2.75) is 18.3 Å². The minimum atomic E-state index is -0.870. The standard InChI is InChI=1S/C24H25N5O3/c1-28(2)22(31)24(20-10-3-4-12-25-20)11-6-15-29(17-24)21(30)18-8-5-9-19(16-18)32-23-26-13-7-14-27-23/h3-5,7-10,12-14,16H,6,11,15,17H2,1-2H3. The molecular weight excluding hydrogens is 406 g/mol. The molecule has 0 N–H and O–H groups in total. The number of likely N-dealkylation sites (N-methyl/N-ethyl adjacent to an activating group) is 1. The summed E-state index contributed by atoms with van der Waals surface area (Å²) in [5.74, 6) is 0.266. The lowest BCUT2D eigenvalue weighted by molar-refractivity contribution is -0.136. The number of aromatic nitrogens is 3. The highest BCUT2D eigenvalue weighted by Crippen LogP contribution is 2.35. The second-order valence-electron chi connectivity index (χ2n) is 7.99. The third kappa shape index (κ3) is 4.30. The molecule has 1 fully saturated rings. The molecule has 0 bridgehead atoms. The number of pyridine rings is 1. The molecule has 0 radical (unpaired) electrons. The Morgan fingerprint density at radius 1 is 1.00 bits per heavy atom. The van der Waals surface area contributed by atoms with Crippen LogP contribution < -0.4 is 4.74 Å². The number of amides is 2.